The maximum Gasteiger partial charge on any atom is 0.472 e. The van der Waals surface area contributed by atoms with Gasteiger partial charge in [-0.05, 0) is 25.3 Å². The van der Waals surface area contributed by atoms with Gasteiger partial charge < -0.3 is 18.9 Å². The van der Waals surface area contributed by atoms with Crippen LogP contribution in [0.5, 0.6) is 0 Å². The van der Waals surface area contributed by atoms with Crippen molar-refractivity contribution in [1.29, 1.82) is 0 Å². The van der Waals surface area contributed by atoms with Gasteiger partial charge >= 0.3 is 13.8 Å². The number of esters is 1. The van der Waals surface area contributed by atoms with Gasteiger partial charge in [0.1, 0.15) is 19.8 Å². The van der Waals surface area contributed by atoms with Crippen molar-refractivity contribution in [3.05, 3.63) is 12.3 Å². The predicted octanol–water partition coefficient (Wildman–Crippen LogP) is 15.0. The van der Waals surface area contributed by atoms with Gasteiger partial charge in [-0.15, -0.1) is 0 Å². The number of ether oxygens (including phenoxy) is 2. The van der Waals surface area contributed by atoms with Crippen LogP contribution in [-0.4, -0.2) is 69.0 Å². The fourth-order valence-electron chi connectivity index (χ4n) is 7.11. The molecule has 0 aromatic carbocycles. The number of nitrogens with zero attached hydrogens (tertiary/aromatic N) is 1. The fraction of sp³-hybridized carbons (Fsp3) is 0.938. The van der Waals surface area contributed by atoms with E-state index in [4.69, 9.17) is 18.5 Å². The first-order valence-corrected chi connectivity index (χ1v) is 26.0. The van der Waals surface area contributed by atoms with Crippen LogP contribution in [0.15, 0.2) is 12.3 Å². The standard InChI is InChI=1S/C48H96NO7P/c1-6-8-10-12-14-16-18-20-22-24-25-26-27-29-31-33-35-37-39-41-48(50)56-47(46-55-57(51,52)54-44-42-49(3,4)5)45-53-43-40-38-36-34-32-30-28-23-21-19-17-15-13-11-9-7-2/h40,43,47H,6-39,41-42,44-46H2,1-5H3/p+1/b43-40-. The van der Waals surface area contributed by atoms with Crippen LogP contribution in [0.2, 0.25) is 0 Å². The Hall–Kier alpha value is -0.920. The zero-order valence-electron chi connectivity index (χ0n) is 38.6. The Morgan fingerprint density at radius 2 is 0.912 bits per heavy atom. The number of phosphoric acid groups is 1. The van der Waals surface area contributed by atoms with Crippen LogP contribution in [0.1, 0.15) is 239 Å². The van der Waals surface area contributed by atoms with Gasteiger partial charge in [-0.1, -0.05) is 213 Å². The van der Waals surface area contributed by atoms with Crippen LogP contribution in [0.3, 0.4) is 0 Å². The summed E-state index contributed by atoms with van der Waals surface area (Å²) >= 11 is 0. The lowest BCUT2D eigenvalue weighted by Crippen LogP contribution is -2.37. The van der Waals surface area contributed by atoms with Crippen LogP contribution in [0.25, 0.3) is 0 Å². The Balaban J connectivity index is 4.17. The molecule has 0 spiro atoms. The summed E-state index contributed by atoms with van der Waals surface area (Å²) in [5, 5.41) is 0. The summed E-state index contributed by atoms with van der Waals surface area (Å²) in [6.07, 6.45) is 47.7. The van der Waals surface area contributed by atoms with Crippen LogP contribution < -0.4 is 0 Å². The smallest absolute Gasteiger partial charge is 0.472 e. The van der Waals surface area contributed by atoms with Crippen molar-refractivity contribution in [2.45, 2.75) is 245 Å². The summed E-state index contributed by atoms with van der Waals surface area (Å²) < 4.78 is 34.9. The second-order valence-electron chi connectivity index (χ2n) is 17.9. The van der Waals surface area contributed by atoms with Gasteiger partial charge in [0, 0.05) is 6.42 Å². The SMILES string of the molecule is CCCCCCCCCCCCCCCC/C=C\OCC(COP(=O)(O)OCC[N+](C)(C)C)OC(=O)CCCCCCCCCCCCCCCCCCCCC. The minimum absolute atomic E-state index is 0.0546. The highest BCUT2D eigenvalue weighted by atomic mass is 31.2. The molecule has 9 heteroatoms. The average molecular weight is 831 g/mol. The molecule has 0 radical (unpaired) electrons. The lowest BCUT2D eigenvalue weighted by atomic mass is 10.0. The molecule has 2 unspecified atom stereocenters. The molecule has 340 valence electrons. The van der Waals surface area contributed by atoms with E-state index in [2.05, 4.69) is 13.8 Å². The van der Waals surface area contributed by atoms with Gasteiger partial charge in [0.2, 0.25) is 0 Å². The minimum atomic E-state index is -4.29. The van der Waals surface area contributed by atoms with Gasteiger partial charge in [0.05, 0.1) is 34.0 Å². The molecule has 0 heterocycles. The van der Waals surface area contributed by atoms with E-state index in [9.17, 15) is 14.3 Å². The van der Waals surface area contributed by atoms with Gasteiger partial charge in [0.15, 0.2) is 6.10 Å². The summed E-state index contributed by atoms with van der Waals surface area (Å²) in [6, 6.07) is 0. The van der Waals surface area contributed by atoms with Gasteiger partial charge in [0.25, 0.3) is 0 Å². The van der Waals surface area contributed by atoms with Gasteiger partial charge in [-0.2, -0.15) is 0 Å². The van der Waals surface area contributed by atoms with Crippen molar-refractivity contribution >= 4 is 13.8 Å². The first-order chi connectivity index (χ1) is 27.6. The van der Waals surface area contributed by atoms with E-state index in [0.29, 0.717) is 17.4 Å². The van der Waals surface area contributed by atoms with Crippen molar-refractivity contribution < 1.29 is 37.3 Å². The van der Waals surface area contributed by atoms with Crippen molar-refractivity contribution in [1.82, 2.24) is 0 Å². The van der Waals surface area contributed by atoms with Crippen LogP contribution in [0.4, 0.5) is 0 Å². The fourth-order valence-corrected chi connectivity index (χ4v) is 7.85. The number of allylic oxidation sites excluding steroid dienone is 1. The average Bonchev–Trinajstić information content (AvgIpc) is 3.16. The topological polar surface area (TPSA) is 91.3 Å². The van der Waals surface area contributed by atoms with Gasteiger partial charge in [-0.25, -0.2) is 4.57 Å². The molecule has 0 rings (SSSR count). The van der Waals surface area contributed by atoms with Crippen LogP contribution in [-0.2, 0) is 27.9 Å². The molecule has 0 aromatic heterocycles. The third kappa shape index (κ3) is 46.0. The van der Waals surface area contributed by atoms with E-state index < -0.39 is 13.9 Å². The molecule has 0 aromatic rings. The van der Waals surface area contributed by atoms with Crippen molar-refractivity contribution in [3.8, 4) is 0 Å². The Kier molecular flexibility index (Phi) is 41.1. The number of hydrogen-bond acceptors (Lipinski definition) is 6. The number of phosphoric ester groups is 1. The lowest BCUT2D eigenvalue weighted by molar-refractivity contribution is -0.870. The molecule has 1 N–H and O–H groups in total. The molecule has 0 aliphatic heterocycles. The molecule has 0 saturated carbocycles. The molecule has 0 fully saturated rings. The molecule has 2 atom stereocenters. The Morgan fingerprint density at radius 3 is 1.30 bits per heavy atom. The second-order valence-corrected chi connectivity index (χ2v) is 19.4. The lowest BCUT2D eigenvalue weighted by Gasteiger charge is -2.24. The minimum Gasteiger partial charge on any atom is -0.498 e. The Labute approximate surface area is 354 Å². The highest BCUT2D eigenvalue weighted by Gasteiger charge is 2.26. The van der Waals surface area contributed by atoms with Crippen LogP contribution in [0, 0.1) is 0 Å². The quantitative estimate of drug-likeness (QED) is 0.0215. The molecule has 0 aliphatic carbocycles. The molecule has 57 heavy (non-hydrogen) atoms. The Morgan fingerprint density at radius 1 is 0.544 bits per heavy atom. The number of hydrogen-bond donors (Lipinski definition) is 1. The Bertz CT molecular complexity index is 925. The van der Waals surface area contributed by atoms with E-state index in [1.165, 1.54) is 186 Å². The van der Waals surface area contributed by atoms with E-state index in [-0.39, 0.29) is 25.8 Å². The normalized spacial score (nSPS) is 13.6. The predicted molar refractivity (Wildman–Crippen MR) is 243 cm³/mol. The summed E-state index contributed by atoms with van der Waals surface area (Å²) in [7, 11) is 1.65. The van der Waals surface area contributed by atoms with E-state index in [1.807, 2.05) is 27.2 Å². The molecule has 0 bridgehead atoms. The summed E-state index contributed by atoms with van der Waals surface area (Å²) in [5.41, 5.74) is 0. The summed E-state index contributed by atoms with van der Waals surface area (Å²) in [6.45, 7) is 4.98. The molecular formula is C48H97NO7P+. The number of carbonyl (C=O) groups excluding carboxylic acids is 1. The van der Waals surface area contributed by atoms with Crippen molar-refractivity contribution in [2.75, 3.05) is 47.5 Å². The number of likely N-dealkylation sites (N-methyl/N-ethyl adjacent to an activating group) is 1. The summed E-state index contributed by atoms with van der Waals surface area (Å²) in [5.74, 6) is -0.329. The molecule has 0 amide bonds. The third-order valence-electron chi connectivity index (χ3n) is 10.9. The maximum atomic E-state index is 12.7. The number of rotatable bonds is 46. The number of unbranched alkanes of at least 4 members (excludes halogenated alkanes) is 32. The highest BCUT2D eigenvalue weighted by molar-refractivity contribution is 7.47. The van der Waals surface area contributed by atoms with Crippen molar-refractivity contribution in [3.63, 3.8) is 0 Å². The number of carbonyl (C=O) groups is 1. The third-order valence-corrected chi connectivity index (χ3v) is 11.9. The van der Waals surface area contributed by atoms with E-state index >= 15 is 0 Å². The monoisotopic (exact) mass is 831 g/mol. The van der Waals surface area contributed by atoms with E-state index in [1.54, 1.807) is 6.26 Å². The maximum absolute atomic E-state index is 12.7. The number of quaternary nitrogens is 1. The molecule has 0 aliphatic rings. The molecule has 8 nitrogen and oxygen atoms in total. The van der Waals surface area contributed by atoms with E-state index in [0.717, 1.165) is 32.1 Å². The second kappa shape index (κ2) is 41.8. The summed E-state index contributed by atoms with van der Waals surface area (Å²) in [4.78, 5) is 22.9. The molecular weight excluding hydrogens is 734 g/mol. The highest BCUT2D eigenvalue weighted by Crippen LogP contribution is 2.43. The zero-order chi connectivity index (χ0) is 42.0. The largest absolute Gasteiger partial charge is 0.498 e. The first kappa shape index (κ1) is 56.1. The first-order valence-electron chi connectivity index (χ1n) is 24.5. The van der Waals surface area contributed by atoms with Crippen LogP contribution >= 0.6 is 7.82 Å². The van der Waals surface area contributed by atoms with Gasteiger partial charge in [-0.3, -0.25) is 13.8 Å². The zero-order valence-corrected chi connectivity index (χ0v) is 39.5. The van der Waals surface area contributed by atoms with Crippen molar-refractivity contribution in [2.24, 2.45) is 0 Å². The molecule has 0 saturated heterocycles.